The highest BCUT2D eigenvalue weighted by molar-refractivity contribution is 6.47. The fourth-order valence-electron chi connectivity index (χ4n) is 4.59. The highest BCUT2D eigenvalue weighted by Gasteiger charge is 2.18. The molecule has 0 spiro atoms. The van der Waals surface area contributed by atoms with Crippen molar-refractivity contribution in [1.82, 2.24) is 4.57 Å². The van der Waals surface area contributed by atoms with Gasteiger partial charge in [0.15, 0.2) is 0 Å². The molecule has 0 atom stereocenters. The molecule has 0 aliphatic rings. The monoisotopic (exact) mass is 510 g/mol. The minimum absolute atomic E-state index is 0.000733. The average Bonchev–Trinajstić information content (AvgIpc) is 3.24. The summed E-state index contributed by atoms with van der Waals surface area (Å²) in [7, 11) is 1.29. The lowest BCUT2D eigenvalue weighted by molar-refractivity contribution is -0.141. The molecule has 8 heteroatoms. The standard InChI is InChI=1S/C30H30N4O4/c1-5-34-26-13-10-20(29(31)22-9-7-6-8-18(22)2)16-23(26)24-17-21(11-14-27(24)34)30(32)25(33-38-19(3)35)12-15-28(36)37-4/h6-11,13-14,16-17,31-32H,5,12,15H2,1-4H3/b31-29?,32-30?,33-25-. The lowest BCUT2D eigenvalue weighted by atomic mass is 9.96. The molecular formula is C30H30N4O4. The van der Waals surface area contributed by atoms with Crippen LogP contribution in [-0.4, -0.2) is 40.8 Å². The summed E-state index contributed by atoms with van der Waals surface area (Å²) < 4.78 is 6.91. The minimum atomic E-state index is -0.613. The second kappa shape index (κ2) is 11.2. The first-order chi connectivity index (χ1) is 18.2. The smallest absolute Gasteiger partial charge is 0.331 e. The van der Waals surface area contributed by atoms with Gasteiger partial charge in [-0.15, -0.1) is 0 Å². The van der Waals surface area contributed by atoms with Crippen LogP contribution in [0.25, 0.3) is 21.8 Å². The summed E-state index contributed by atoms with van der Waals surface area (Å²) >= 11 is 0. The van der Waals surface area contributed by atoms with Gasteiger partial charge in [0.25, 0.3) is 0 Å². The SMILES string of the molecule is CCn1c2ccc(C(=N)/C(CCC(=O)OC)=N\OC(C)=O)cc2c2cc(C(=N)c3ccccc3C)ccc21. The molecule has 1 aromatic heterocycles. The molecule has 0 saturated heterocycles. The topological polar surface area (TPSA) is 118 Å². The number of oxime groups is 1. The predicted octanol–water partition coefficient (Wildman–Crippen LogP) is 5.78. The number of nitrogens with one attached hydrogen (secondary N) is 2. The highest BCUT2D eigenvalue weighted by Crippen LogP contribution is 2.32. The number of carbonyl (C=O) groups is 2. The van der Waals surface area contributed by atoms with E-state index in [1.807, 2.05) is 67.6 Å². The molecule has 2 N–H and O–H groups in total. The van der Waals surface area contributed by atoms with Crippen LogP contribution in [0.3, 0.4) is 0 Å². The van der Waals surface area contributed by atoms with Crippen molar-refractivity contribution in [2.24, 2.45) is 5.16 Å². The number of esters is 1. The number of hydrogen-bond acceptors (Lipinski definition) is 7. The van der Waals surface area contributed by atoms with Gasteiger partial charge in [0.05, 0.1) is 25.0 Å². The van der Waals surface area contributed by atoms with E-state index in [1.165, 1.54) is 14.0 Å². The molecule has 0 bridgehead atoms. The Balaban J connectivity index is 1.81. The summed E-state index contributed by atoms with van der Waals surface area (Å²) in [5.41, 5.74) is 6.01. The van der Waals surface area contributed by atoms with Crippen LogP contribution in [0, 0.1) is 17.7 Å². The van der Waals surface area contributed by atoms with Crippen LogP contribution in [-0.2, 0) is 25.7 Å². The molecule has 0 unspecified atom stereocenters. The van der Waals surface area contributed by atoms with Gasteiger partial charge in [-0.3, -0.25) is 15.6 Å². The molecule has 0 aliphatic heterocycles. The van der Waals surface area contributed by atoms with Crippen molar-refractivity contribution in [1.29, 1.82) is 10.8 Å². The maximum absolute atomic E-state index is 11.7. The Hall–Kier alpha value is -4.59. The largest absolute Gasteiger partial charge is 0.469 e. The number of aromatic nitrogens is 1. The van der Waals surface area contributed by atoms with E-state index in [-0.39, 0.29) is 24.3 Å². The molecule has 8 nitrogen and oxygen atoms in total. The lowest BCUT2D eigenvalue weighted by Gasteiger charge is -2.09. The molecule has 0 aliphatic carbocycles. The molecule has 0 radical (unpaired) electrons. The normalized spacial score (nSPS) is 11.5. The molecule has 0 fully saturated rings. The molecule has 0 saturated carbocycles. The molecule has 38 heavy (non-hydrogen) atoms. The summed E-state index contributed by atoms with van der Waals surface area (Å²) in [5.74, 6) is -1.06. The van der Waals surface area contributed by atoms with E-state index in [1.54, 1.807) is 0 Å². The van der Waals surface area contributed by atoms with Crippen LogP contribution in [0.4, 0.5) is 0 Å². The van der Waals surface area contributed by atoms with Crippen molar-refractivity contribution in [3.63, 3.8) is 0 Å². The fraction of sp³-hybridized carbons (Fsp3) is 0.233. The number of fused-ring (bicyclic) bond motifs is 3. The second-order valence-electron chi connectivity index (χ2n) is 8.97. The molecule has 4 aromatic rings. The second-order valence-corrected chi connectivity index (χ2v) is 8.97. The number of aryl methyl sites for hydroxylation is 2. The fourth-order valence-corrected chi connectivity index (χ4v) is 4.59. The van der Waals surface area contributed by atoms with Crippen LogP contribution in [0.15, 0.2) is 65.8 Å². The highest BCUT2D eigenvalue weighted by atomic mass is 16.7. The Morgan fingerprint density at radius 2 is 1.55 bits per heavy atom. The maximum atomic E-state index is 11.7. The van der Waals surface area contributed by atoms with Gasteiger partial charge in [-0.2, -0.15) is 0 Å². The predicted molar refractivity (Wildman–Crippen MR) is 150 cm³/mol. The summed E-state index contributed by atoms with van der Waals surface area (Å²) in [6.07, 6.45) is 0.0893. The Kier molecular flexibility index (Phi) is 7.81. The minimum Gasteiger partial charge on any atom is -0.469 e. The number of ether oxygens (including phenoxy) is 1. The quantitative estimate of drug-likeness (QED) is 0.128. The van der Waals surface area contributed by atoms with Crippen LogP contribution in [0.2, 0.25) is 0 Å². The third kappa shape index (κ3) is 5.25. The summed E-state index contributed by atoms with van der Waals surface area (Å²) in [4.78, 5) is 27.9. The van der Waals surface area contributed by atoms with E-state index in [2.05, 4.69) is 16.6 Å². The van der Waals surface area contributed by atoms with E-state index in [0.717, 1.165) is 45.0 Å². The van der Waals surface area contributed by atoms with E-state index in [0.29, 0.717) is 11.3 Å². The van der Waals surface area contributed by atoms with Crippen LogP contribution >= 0.6 is 0 Å². The van der Waals surface area contributed by atoms with E-state index >= 15 is 0 Å². The first kappa shape index (κ1) is 26.5. The first-order valence-electron chi connectivity index (χ1n) is 12.4. The number of hydrogen-bond donors (Lipinski definition) is 2. The number of nitrogens with zero attached hydrogens (tertiary/aromatic N) is 2. The van der Waals surface area contributed by atoms with E-state index in [4.69, 9.17) is 20.4 Å². The summed E-state index contributed by atoms with van der Waals surface area (Å²) in [6.45, 7) is 6.06. The van der Waals surface area contributed by atoms with Crippen molar-refractivity contribution in [3.05, 3.63) is 82.9 Å². The van der Waals surface area contributed by atoms with Gasteiger partial charge >= 0.3 is 11.9 Å². The van der Waals surface area contributed by atoms with Crippen molar-refractivity contribution in [2.45, 2.75) is 40.2 Å². The van der Waals surface area contributed by atoms with Gasteiger partial charge in [0, 0.05) is 58.4 Å². The van der Waals surface area contributed by atoms with E-state index in [9.17, 15) is 9.59 Å². The molecular weight excluding hydrogens is 480 g/mol. The number of benzene rings is 3. The van der Waals surface area contributed by atoms with E-state index < -0.39 is 11.9 Å². The summed E-state index contributed by atoms with van der Waals surface area (Å²) in [6, 6.07) is 19.6. The third-order valence-corrected chi connectivity index (χ3v) is 6.54. The molecule has 194 valence electrons. The first-order valence-corrected chi connectivity index (χ1v) is 12.4. The Morgan fingerprint density at radius 3 is 2.16 bits per heavy atom. The molecule has 0 amide bonds. The Bertz CT molecular complexity index is 1610. The van der Waals surface area contributed by atoms with Gasteiger partial charge in [-0.25, -0.2) is 4.79 Å². The van der Waals surface area contributed by atoms with Gasteiger partial charge in [-0.1, -0.05) is 41.6 Å². The molecule has 3 aromatic carbocycles. The molecule has 1 heterocycles. The van der Waals surface area contributed by atoms with Crippen molar-refractivity contribution in [3.8, 4) is 0 Å². The Morgan fingerprint density at radius 1 is 0.921 bits per heavy atom. The zero-order chi connectivity index (χ0) is 27.4. The van der Waals surface area contributed by atoms with Crippen molar-refractivity contribution < 1.29 is 19.2 Å². The zero-order valence-corrected chi connectivity index (χ0v) is 21.9. The maximum Gasteiger partial charge on any atom is 0.331 e. The Labute approximate surface area is 220 Å². The lowest BCUT2D eigenvalue weighted by Crippen LogP contribution is -2.17. The van der Waals surface area contributed by atoms with Crippen LogP contribution < -0.4 is 0 Å². The third-order valence-electron chi connectivity index (χ3n) is 6.54. The molecule has 4 rings (SSSR count). The van der Waals surface area contributed by atoms with Gasteiger partial charge in [0.1, 0.15) is 5.71 Å². The van der Waals surface area contributed by atoms with Gasteiger partial charge in [0.2, 0.25) is 0 Å². The average molecular weight is 511 g/mol. The number of methoxy groups -OCH3 is 1. The number of rotatable bonds is 9. The summed E-state index contributed by atoms with van der Waals surface area (Å²) in [5, 5.41) is 23.4. The van der Waals surface area contributed by atoms with Crippen LogP contribution in [0.1, 0.15) is 48.9 Å². The van der Waals surface area contributed by atoms with Crippen LogP contribution in [0.5, 0.6) is 0 Å². The van der Waals surface area contributed by atoms with Gasteiger partial charge < -0.3 is 14.1 Å². The number of carbonyl (C=O) groups excluding carboxylic acids is 2. The van der Waals surface area contributed by atoms with Gasteiger partial charge in [-0.05, 0) is 43.7 Å². The zero-order valence-electron chi connectivity index (χ0n) is 21.9. The van der Waals surface area contributed by atoms with Crippen molar-refractivity contribution >= 4 is 50.9 Å². The van der Waals surface area contributed by atoms with Crippen molar-refractivity contribution in [2.75, 3.05) is 7.11 Å².